The van der Waals surface area contributed by atoms with Crippen LogP contribution in [0.2, 0.25) is 0 Å². The lowest BCUT2D eigenvalue weighted by Crippen LogP contribution is -2.42. The maximum atomic E-state index is 6.00. The molecule has 4 heteroatoms. The molecule has 1 aromatic heterocycles. The van der Waals surface area contributed by atoms with Gasteiger partial charge in [-0.15, -0.1) is 0 Å². The summed E-state index contributed by atoms with van der Waals surface area (Å²) < 4.78 is 0. The van der Waals surface area contributed by atoms with Gasteiger partial charge in [-0.2, -0.15) is 0 Å². The van der Waals surface area contributed by atoms with Crippen molar-refractivity contribution >= 4 is 33.9 Å². The first kappa shape index (κ1) is 20.0. The van der Waals surface area contributed by atoms with E-state index in [0.717, 1.165) is 17.3 Å². The maximum absolute atomic E-state index is 6.00. The van der Waals surface area contributed by atoms with Crippen LogP contribution in [0, 0.1) is 13.8 Å². The van der Waals surface area contributed by atoms with Crippen molar-refractivity contribution in [3.8, 4) is 0 Å². The van der Waals surface area contributed by atoms with Crippen molar-refractivity contribution in [2.24, 2.45) is 0 Å². The number of hydrogen-bond donors (Lipinski definition) is 2. The molecule has 4 rings (SSSR count). The molecule has 1 fully saturated rings. The van der Waals surface area contributed by atoms with Crippen molar-refractivity contribution in [3.05, 3.63) is 65.4 Å². The first-order valence-corrected chi connectivity index (χ1v) is 11.2. The van der Waals surface area contributed by atoms with Crippen LogP contribution in [0.3, 0.4) is 0 Å². The third kappa shape index (κ3) is 4.48. The van der Waals surface area contributed by atoms with E-state index in [1.165, 1.54) is 66.1 Å². The molecule has 0 saturated heterocycles. The van der Waals surface area contributed by atoms with Gasteiger partial charge in [-0.25, -0.2) is 0 Å². The molecule has 3 aromatic rings. The number of thiocarbonyl (C=S) groups is 1. The molecule has 29 heavy (non-hydrogen) atoms. The Balaban J connectivity index is 1.63. The van der Waals surface area contributed by atoms with E-state index < -0.39 is 0 Å². The van der Waals surface area contributed by atoms with Gasteiger partial charge in [-0.05, 0) is 61.7 Å². The van der Waals surface area contributed by atoms with Crippen molar-refractivity contribution < 1.29 is 0 Å². The van der Waals surface area contributed by atoms with Crippen LogP contribution in [0.1, 0.15) is 55.2 Å². The van der Waals surface area contributed by atoms with Crippen molar-refractivity contribution in [3.63, 3.8) is 0 Å². The summed E-state index contributed by atoms with van der Waals surface area (Å²) in [7, 11) is 0. The minimum atomic E-state index is 0.496. The number of anilines is 1. The van der Waals surface area contributed by atoms with E-state index in [4.69, 9.17) is 12.2 Å². The zero-order valence-corrected chi connectivity index (χ0v) is 18.3. The van der Waals surface area contributed by atoms with E-state index in [9.17, 15) is 0 Å². The third-order valence-corrected chi connectivity index (χ3v) is 6.59. The molecule has 0 spiro atoms. The monoisotopic (exact) mass is 405 g/mol. The Morgan fingerprint density at radius 2 is 1.69 bits per heavy atom. The third-order valence-electron chi connectivity index (χ3n) is 6.25. The predicted molar refractivity (Wildman–Crippen MR) is 127 cm³/mol. The van der Waals surface area contributed by atoms with E-state index in [1.54, 1.807) is 0 Å². The van der Waals surface area contributed by atoms with E-state index in [2.05, 4.69) is 77.7 Å². The van der Waals surface area contributed by atoms with Gasteiger partial charge in [0.2, 0.25) is 0 Å². The van der Waals surface area contributed by atoms with Gasteiger partial charge >= 0.3 is 0 Å². The number of hydrogen-bond acceptors (Lipinski definition) is 1. The summed E-state index contributed by atoms with van der Waals surface area (Å²) in [6, 6.07) is 15.4. The van der Waals surface area contributed by atoms with Crippen LogP contribution in [0.4, 0.5) is 5.69 Å². The molecule has 0 radical (unpaired) electrons. The minimum absolute atomic E-state index is 0.496. The lowest BCUT2D eigenvalue weighted by Gasteiger charge is -2.34. The Hall–Kier alpha value is -2.33. The highest BCUT2D eigenvalue weighted by Crippen LogP contribution is 2.28. The average Bonchev–Trinajstić information content (AvgIpc) is 2.93. The van der Waals surface area contributed by atoms with E-state index in [1.807, 2.05) is 0 Å². The molecule has 1 saturated carbocycles. The highest BCUT2D eigenvalue weighted by Gasteiger charge is 2.24. The fraction of sp³-hybridized carbons (Fsp3) is 0.400. The van der Waals surface area contributed by atoms with Crippen molar-refractivity contribution in [2.75, 3.05) is 5.32 Å². The molecule has 1 aliphatic rings. The topological polar surface area (TPSA) is 31.1 Å². The Kier molecular flexibility index (Phi) is 6.19. The molecule has 0 aliphatic heterocycles. The summed E-state index contributed by atoms with van der Waals surface area (Å²) in [6.45, 7) is 5.13. The molecule has 0 bridgehead atoms. The molecule has 0 unspecified atom stereocenters. The highest BCUT2D eigenvalue weighted by atomic mass is 32.1. The number of rotatable bonds is 4. The number of aryl methyl sites for hydroxylation is 2. The van der Waals surface area contributed by atoms with E-state index in [-0.39, 0.29) is 0 Å². The molecular weight excluding hydrogens is 374 g/mol. The fourth-order valence-electron chi connectivity index (χ4n) is 4.57. The second-order valence-corrected chi connectivity index (χ2v) is 8.72. The molecule has 2 aromatic carbocycles. The van der Waals surface area contributed by atoms with Crippen LogP contribution in [0.25, 0.3) is 10.9 Å². The lowest BCUT2D eigenvalue weighted by atomic mass is 10.1. The number of aromatic nitrogens is 1. The largest absolute Gasteiger partial charge is 0.361 e. The van der Waals surface area contributed by atoms with Crippen molar-refractivity contribution in [1.29, 1.82) is 0 Å². The van der Waals surface area contributed by atoms with Gasteiger partial charge < -0.3 is 15.2 Å². The summed E-state index contributed by atoms with van der Waals surface area (Å²) in [6.07, 6.45) is 9.86. The number of nitrogens with zero attached hydrogens (tertiary/aromatic N) is 1. The Labute approximate surface area is 179 Å². The van der Waals surface area contributed by atoms with Gasteiger partial charge in [0.05, 0.1) is 0 Å². The summed E-state index contributed by atoms with van der Waals surface area (Å²) >= 11 is 6.00. The zero-order valence-electron chi connectivity index (χ0n) is 17.5. The normalized spacial score (nSPS) is 15.2. The smallest absolute Gasteiger partial charge is 0.173 e. The van der Waals surface area contributed by atoms with Gasteiger partial charge in [0.1, 0.15) is 0 Å². The van der Waals surface area contributed by atoms with Crippen molar-refractivity contribution in [1.82, 2.24) is 9.88 Å². The molecule has 2 N–H and O–H groups in total. The van der Waals surface area contributed by atoms with Gasteiger partial charge in [-0.1, -0.05) is 62.1 Å². The highest BCUT2D eigenvalue weighted by molar-refractivity contribution is 7.80. The van der Waals surface area contributed by atoms with E-state index in [0.29, 0.717) is 6.04 Å². The van der Waals surface area contributed by atoms with Gasteiger partial charge in [0, 0.05) is 35.4 Å². The van der Waals surface area contributed by atoms with Crippen LogP contribution in [-0.4, -0.2) is 21.0 Å². The average molecular weight is 406 g/mol. The Morgan fingerprint density at radius 3 is 2.41 bits per heavy atom. The van der Waals surface area contributed by atoms with Crippen LogP contribution in [0.15, 0.2) is 48.7 Å². The van der Waals surface area contributed by atoms with Crippen LogP contribution in [-0.2, 0) is 6.54 Å². The summed E-state index contributed by atoms with van der Waals surface area (Å²) in [5, 5.41) is 5.74. The molecular formula is C25H31N3S. The number of H-pyrrole nitrogens is 1. The number of aromatic amines is 1. The second-order valence-electron chi connectivity index (χ2n) is 8.33. The lowest BCUT2D eigenvalue weighted by molar-refractivity contribution is 0.281. The zero-order chi connectivity index (χ0) is 20.2. The maximum Gasteiger partial charge on any atom is 0.173 e. The Bertz CT molecular complexity index is 962. The fourth-order valence-corrected chi connectivity index (χ4v) is 4.89. The quantitative estimate of drug-likeness (QED) is 0.374. The molecule has 1 heterocycles. The van der Waals surface area contributed by atoms with E-state index >= 15 is 0 Å². The standard InChI is InChI=1S/C25H31N3S/c1-18-10-9-11-19(2)24(18)27-25(29)28(21-12-5-3-4-6-13-21)17-20-16-26-23-15-8-7-14-22(20)23/h7-11,14-16,21,26H,3-6,12-13,17H2,1-2H3,(H,27,29). The van der Waals surface area contributed by atoms with Crippen LogP contribution >= 0.6 is 12.2 Å². The molecule has 1 aliphatic carbocycles. The predicted octanol–water partition coefficient (Wildman–Crippen LogP) is 6.71. The number of benzene rings is 2. The van der Waals surface area contributed by atoms with Gasteiger partial charge in [0.25, 0.3) is 0 Å². The molecule has 3 nitrogen and oxygen atoms in total. The van der Waals surface area contributed by atoms with Crippen molar-refractivity contribution in [2.45, 2.75) is 65.0 Å². The molecule has 152 valence electrons. The first-order valence-electron chi connectivity index (χ1n) is 10.8. The second kappa shape index (κ2) is 9.00. The van der Waals surface area contributed by atoms with Crippen LogP contribution in [0.5, 0.6) is 0 Å². The first-order chi connectivity index (χ1) is 14.1. The number of para-hydroxylation sites is 2. The Morgan fingerprint density at radius 1 is 1.00 bits per heavy atom. The summed E-state index contributed by atoms with van der Waals surface area (Å²) in [5.41, 5.74) is 6.13. The number of nitrogens with one attached hydrogen (secondary N) is 2. The molecule has 0 amide bonds. The summed E-state index contributed by atoms with van der Waals surface area (Å²) in [5.74, 6) is 0. The van der Waals surface area contributed by atoms with Gasteiger partial charge in [-0.3, -0.25) is 0 Å². The van der Waals surface area contributed by atoms with Gasteiger partial charge in [0.15, 0.2) is 5.11 Å². The van der Waals surface area contributed by atoms with Crippen LogP contribution < -0.4 is 5.32 Å². The summed E-state index contributed by atoms with van der Waals surface area (Å²) in [4.78, 5) is 5.87. The number of fused-ring (bicyclic) bond motifs is 1. The minimum Gasteiger partial charge on any atom is -0.361 e. The SMILES string of the molecule is Cc1cccc(C)c1NC(=S)N(Cc1c[nH]c2ccccc12)C1CCCCCC1. The molecule has 0 atom stereocenters.